The topological polar surface area (TPSA) is 70.2 Å². The first kappa shape index (κ1) is 27.4. The summed E-state index contributed by atoms with van der Waals surface area (Å²) in [5.74, 6) is -0.416. The van der Waals surface area contributed by atoms with Crippen LogP contribution >= 0.6 is 0 Å². The largest absolute Gasteiger partial charge is 0.416 e. The summed E-state index contributed by atoms with van der Waals surface area (Å²) in [6.07, 6.45) is 0.649. The standard InChI is InChI=1S/C30H32F3N3O2/c1-2-3-4-7-17-35-29(38)27-25-15-14-23(19-21(25)16-18-34-27)36-28(37)26-9-6-5-8-24(26)20-10-12-22(13-11-20)30(31,32)33/h5-6,8-15,19,27,34H,2-4,7,16-18H2,1H3,(H,35,38)(H,36,37). The van der Waals surface area contributed by atoms with E-state index in [-0.39, 0.29) is 11.8 Å². The van der Waals surface area contributed by atoms with Crippen molar-refractivity contribution in [3.8, 4) is 11.1 Å². The molecule has 8 heteroatoms. The fourth-order valence-corrected chi connectivity index (χ4v) is 4.71. The summed E-state index contributed by atoms with van der Waals surface area (Å²) in [6.45, 7) is 3.45. The molecule has 200 valence electrons. The molecule has 2 amide bonds. The lowest BCUT2D eigenvalue weighted by atomic mass is 9.93. The smallest absolute Gasteiger partial charge is 0.354 e. The molecular weight excluding hydrogens is 491 g/mol. The minimum Gasteiger partial charge on any atom is -0.354 e. The van der Waals surface area contributed by atoms with Gasteiger partial charge in [0.05, 0.1) is 5.56 Å². The molecule has 3 aromatic rings. The van der Waals surface area contributed by atoms with Crippen molar-refractivity contribution in [1.29, 1.82) is 0 Å². The number of anilines is 1. The van der Waals surface area contributed by atoms with Crippen molar-refractivity contribution in [2.45, 2.75) is 51.2 Å². The Morgan fingerprint density at radius 3 is 2.47 bits per heavy atom. The van der Waals surface area contributed by atoms with Gasteiger partial charge in [-0.05, 0) is 65.4 Å². The minimum absolute atomic E-state index is 0.0512. The molecule has 0 radical (unpaired) electrons. The Kier molecular flexibility index (Phi) is 8.84. The summed E-state index contributed by atoms with van der Waals surface area (Å²) in [4.78, 5) is 26.0. The van der Waals surface area contributed by atoms with Gasteiger partial charge in [-0.15, -0.1) is 0 Å². The predicted octanol–water partition coefficient (Wildman–Crippen LogP) is 6.51. The molecule has 0 spiro atoms. The highest BCUT2D eigenvalue weighted by molar-refractivity contribution is 6.08. The highest BCUT2D eigenvalue weighted by atomic mass is 19.4. The molecule has 1 heterocycles. The molecule has 0 aliphatic carbocycles. The van der Waals surface area contributed by atoms with E-state index >= 15 is 0 Å². The number of rotatable bonds is 9. The Labute approximate surface area is 220 Å². The van der Waals surface area contributed by atoms with Crippen LogP contribution in [0, 0.1) is 0 Å². The van der Waals surface area contributed by atoms with Crippen LogP contribution in [0.15, 0.2) is 66.7 Å². The quantitative estimate of drug-likeness (QED) is 0.280. The number of carbonyl (C=O) groups is 2. The van der Waals surface area contributed by atoms with Gasteiger partial charge in [-0.3, -0.25) is 9.59 Å². The highest BCUT2D eigenvalue weighted by Gasteiger charge is 2.30. The maximum atomic E-state index is 13.2. The highest BCUT2D eigenvalue weighted by Crippen LogP contribution is 2.32. The molecule has 3 N–H and O–H groups in total. The van der Waals surface area contributed by atoms with Gasteiger partial charge in [0.1, 0.15) is 6.04 Å². The molecule has 0 bridgehead atoms. The van der Waals surface area contributed by atoms with Crippen molar-refractivity contribution in [3.63, 3.8) is 0 Å². The van der Waals surface area contributed by atoms with Crippen molar-refractivity contribution in [3.05, 3.63) is 89.0 Å². The van der Waals surface area contributed by atoms with E-state index in [1.165, 1.54) is 12.1 Å². The Hall–Kier alpha value is -3.65. The van der Waals surface area contributed by atoms with Gasteiger partial charge in [-0.2, -0.15) is 13.2 Å². The van der Waals surface area contributed by atoms with Crippen molar-refractivity contribution < 1.29 is 22.8 Å². The van der Waals surface area contributed by atoms with E-state index in [9.17, 15) is 22.8 Å². The first-order valence-corrected chi connectivity index (χ1v) is 13.0. The van der Waals surface area contributed by atoms with Gasteiger partial charge in [0.15, 0.2) is 0 Å². The summed E-state index contributed by atoms with van der Waals surface area (Å²) in [6, 6.07) is 16.7. The lowest BCUT2D eigenvalue weighted by Gasteiger charge is -2.26. The normalized spacial score (nSPS) is 15.0. The maximum absolute atomic E-state index is 13.2. The zero-order valence-corrected chi connectivity index (χ0v) is 21.3. The fourth-order valence-electron chi connectivity index (χ4n) is 4.71. The molecule has 5 nitrogen and oxygen atoms in total. The van der Waals surface area contributed by atoms with Crippen molar-refractivity contribution in [2.24, 2.45) is 0 Å². The van der Waals surface area contributed by atoms with Crippen molar-refractivity contribution >= 4 is 17.5 Å². The zero-order valence-electron chi connectivity index (χ0n) is 21.3. The zero-order chi connectivity index (χ0) is 27.1. The van der Waals surface area contributed by atoms with Crippen LogP contribution in [0.3, 0.4) is 0 Å². The third-order valence-corrected chi connectivity index (χ3v) is 6.74. The van der Waals surface area contributed by atoms with Gasteiger partial charge in [0.2, 0.25) is 5.91 Å². The fraction of sp³-hybridized carbons (Fsp3) is 0.333. The first-order valence-electron chi connectivity index (χ1n) is 13.0. The van der Waals surface area contributed by atoms with Gasteiger partial charge >= 0.3 is 6.18 Å². The third kappa shape index (κ3) is 6.61. The summed E-state index contributed by atoms with van der Waals surface area (Å²) < 4.78 is 38.9. The molecule has 1 aliphatic heterocycles. The average molecular weight is 524 g/mol. The Bertz CT molecular complexity index is 1270. The molecule has 0 saturated carbocycles. The number of carbonyl (C=O) groups excluding carboxylic acids is 2. The molecule has 0 fully saturated rings. The van der Waals surface area contributed by atoms with Gasteiger partial charge in [-0.1, -0.05) is 62.6 Å². The molecule has 1 unspecified atom stereocenters. The van der Waals surface area contributed by atoms with E-state index in [2.05, 4.69) is 22.9 Å². The van der Waals surface area contributed by atoms with Gasteiger partial charge in [-0.25, -0.2) is 0 Å². The van der Waals surface area contributed by atoms with Crippen LogP contribution in [0.5, 0.6) is 0 Å². The van der Waals surface area contributed by atoms with E-state index in [4.69, 9.17) is 0 Å². The summed E-state index contributed by atoms with van der Waals surface area (Å²) >= 11 is 0. The van der Waals surface area contributed by atoms with Crippen LogP contribution in [0.25, 0.3) is 11.1 Å². The second-order valence-corrected chi connectivity index (χ2v) is 9.48. The van der Waals surface area contributed by atoms with Crippen LogP contribution in [0.2, 0.25) is 0 Å². The molecule has 0 aromatic heterocycles. The number of nitrogens with one attached hydrogen (secondary N) is 3. The number of hydrogen-bond donors (Lipinski definition) is 3. The van der Waals surface area contributed by atoms with Gasteiger partial charge < -0.3 is 16.0 Å². The predicted molar refractivity (Wildman–Crippen MR) is 143 cm³/mol. The van der Waals surface area contributed by atoms with Crippen LogP contribution in [-0.4, -0.2) is 24.9 Å². The molecule has 1 aliphatic rings. The van der Waals surface area contributed by atoms with Gasteiger partial charge in [0, 0.05) is 24.3 Å². The second-order valence-electron chi connectivity index (χ2n) is 9.48. The number of fused-ring (bicyclic) bond motifs is 1. The maximum Gasteiger partial charge on any atom is 0.416 e. The average Bonchev–Trinajstić information content (AvgIpc) is 2.92. The Balaban J connectivity index is 1.47. The van der Waals surface area contributed by atoms with E-state index in [1.807, 2.05) is 12.1 Å². The number of alkyl halides is 3. The molecular formula is C30H32F3N3O2. The van der Waals surface area contributed by atoms with E-state index in [0.717, 1.165) is 55.4 Å². The Morgan fingerprint density at radius 1 is 0.974 bits per heavy atom. The van der Waals surface area contributed by atoms with Gasteiger partial charge in [0.25, 0.3) is 5.91 Å². The molecule has 3 aromatic carbocycles. The van der Waals surface area contributed by atoms with Crippen LogP contribution in [-0.2, 0) is 17.4 Å². The van der Waals surface area contributed by atoms with E-state index in [0.29, 0.717) is 35.5 Å². The number of hydrogen-bond acceptors (Lipinski definition) is 3. The Morgan fingerprint density at radius 2 is 1.74 bits per heavy atom. The molecule has 4 rings (SSSR count). The first-order chi connectivity index (χ1) is 18.3. The molecule has 0 saturated heterocycles. The van der Waals surface area contributed by atoms with E-state index in [1.54, 1.807) is 30.3 Å². The lowest BCUT2D eigenvalue weighted by Crippen LogP contribution is -2.41. The summed E-state index contributed by atoms with van der Waals surface area (Å²) in [5.41, 5.74) is 3.15. The van der Waals surface area contributed by atoms with Crippen molar-refractivity contribution in [2.75, 3.05) is 18.4 Å². The number of halogens is 3. The monoisotopic (exact) mass is 523 g/mol. The van der Waals surface area contributed by atoms with Crippen LogP contribution in [0.4, 0.5) is 18.9 Å². The number of amides is 2. The summed E-state index contributed by atoms with van der Waals surface area (Å²) in [7, 11) is 0. The van der Waals surface area contributed by atoms with Crippen LogP contribution < -0.4 is 16.0 Å². The SMILES string of the molecule is CCCCCCNC(=O)C1NCCc2cc(NC(=O)c3ccccc3-c3ccc(C(F)(F)F)cc3)ccc21. The minimum atomic E-state index is -4.42. The van der Waals surface area contributed by atoms with E-state index < -0.39 is 17.8 Å². The number of unbranched alkanes of at least 4 members (excludes halogenated alkanes) is 3. The van der Waals surface area contributed by atoms with Crippen LogP contribution in [0.1, 0.15) is 65.7 Å². The number of benzene rings is 3. The molecule has 1 atom stereocenters. The third-order valence-electron chi connectivity index (χ3n) is 6.74. The summed E-state index contributed by atoms with van der Waals surface area (Å²) in [5, 5.41) is 9.21. The molecule has 38 heavy (non-hydrogen) atoms. The second kappa shape index (κ2) is 12.3. The van der Waals surface area contributed by atoms with Crippen molar-refractivity contribution in [1.82, 2.24) is 10.6 Å². The lowest BCUT2D eigenvalue weighted by molar-refractivity contribution is -0.137.